The molecule has 1 aromatic carbocycles. The lowest BCUT2D eigenvalue weighted by Gasteiger charge is -2.15. The fourth-order valence-corrected chi connectivity index (χ4v) is 2.80. The van der Waals surface area contributed by atoms with E-state index in [1.165, 1.54) is 18.4 Å². The Bertz CT molecular complexity index is 795. The zero-order valence-corrected chi connectivity index (χ0v) is 15.8. The summed E-state index contributed by atoms with van der Waals surface area (Å²) >= 11 is 1.26. The number of anilines is 1. The van der Waals surface area contributed by atoms with E-state index in [0.29, 0.717) is 4.88 Å². The Balaban J connectivity index is 1.98. The van der Waals surface area contributed by atoms with Gasteiger partial charge < -0.3 is 20.1 Å². The zero-order chi connectivity index (χ0) is 20.6. The average molecular weight is 416 g/mol. The molecule has 2 N–H and O–H groups in total. The van der Waals surface area contributed by atoms with Crippen LogP contribution >= 0.6 is 11.3 Å². The molecule has 0 aliphatic rings. The van der Waals surface area contributed by atoms with Crippen molar-refractivity contribution in [1.29, 1.82) is 0 Å². The number of benzene rings is 1. The molecule has 152 valence electrons. The number of methoxy groups -OCH3 is 1. The van der Waals surface area contributed by atoms with E-state index in [-0.39, 0.29) is 43.5 Å². The van der Waals surface area contributed by atoms with E-state index in [1.54, 1.807) is 17.5 Å². The highest BCUT2D eigenvalue weighted by Crippen LogP contribution is 2.35. The first kappa shape index (κ1) is 21.7. The van der Waals surface area contributed by atoms with E-state index in [4.69, 9.17) is 9.47 Å². The van der Waals surface area contributed by atoms with Gasteiger partial charge in [-0.15, -0.1) is 11.3 Å². The molecule has 1 aromatic heterocycles. The second-order valence-corrected chi connectivity index (χ2v) is 6.53. The third kappa shape index (κ3) is 6.54. The average Bonchev–Trinajstić information content (AvgIpc) is 3.17. The first-order valence-electron chi connectivity index (χ1n) is 8.26. The van der Waals surface area contributed by atoms with Gasteiger partial charge in [0.25, 0.3) is 5.91 Å². The Morgan fingerprint density at radius 2 is 1.96 bits per heavy atom. The van der Waals surface area contributed by atoms with Gasteiger partial charge in [-0.25, -0.2) is 0 Å². The topological polar surface area (TPSA) is 76.7 Å². The van der Waals surface area contributed by atoms with Crippen LogP contribution in [0.15, 0.2) is 35.7 Å². The summed E-state index contributed by atoms with van der Waals surface area (Å²) in [4.78, 5) is 24.4. The fraction of sp³-hybridized carbons (Fsp3) is 0.333. The van der Waals surface area contributed by atoms with Crippen molar-refractivity contribution in [3.05, 3.63) is 46.2 Å². The second-order valence-electron chi connectivity index (χ2n) is 5.58. The summed E-state index contributed by atoms with van der Waals surface area (Å²) in [5.74, 6) is -0.770. The van der Waals surface area contributed by atoms with Gasteiger partial charge in [-0.05, 0) is 29.6 Å². The quantitative estimate of drug-likeness (QED) is 0.613. The summed E-state index contributed by atoms with van der Waals surface area (Å²) in [5.41, 5.74) is -1.01. The van der Waals surface area contributed by atoms with Crippen molar-refractivity contribution < 1.29 is 32.2 Å². The van der Waals surface area contributed by atoms with Crippen LogP contribution in [-0.4, -0.2) is 38.7 Å². The van der Waals surface area contributed by atoms with Crippen molar-refractivity contribution >= 4 is 28.8 Å². The monoisotopic (exact) mass is 416 g/mol. The van der Waals surface area contributed by atoms with E-state index in [2.05, 4.69) is 10.6 Å². The normalized spacial score (nSPS) is 11.1. The summed E-state index contributed by atoms with van der Waals surface area (Å²) in [6.45, 7) is 0.395. The Hall–Kier alpha value is -2.59. The minimum absolute atomic E-state index is 0.0430. The Labute approximate surface area is 163 Å². The lowest BCUT2D eigenvalue weighted by molar-refractivity contribution is -0.137. The minimum Gasteiger partial charge on any atom is -0.489 e. The number of amides is 2. The summed E-state index contributed by atoms with van der Waals surface area (Å²) in [6, 6.07) is 6.20. The number of ether oxygens (including phenoxy) is 2. The largest absolute Gasteiger partial charge is 0.489 e. The number of thiophene rings is 1. The summed E-state index contributed by atoms with van der Waals surface area (Å²) in [5, 5.41) is 6.73. The van der Waals surface area contributed by atoms with Crippen molar-refractivity contribution in [2.24, 2.45) is 0 Å². The van der Waals surface area contributed by atoms with E-state index >= 15 is 0 Å². The molecule has 0 aliphatic heterocycles. The zero-order valence-electron chi connectivity index (χ0n) is 15.0. The molecule has 6 nitrogen and oxygen atoms in total. The highest BCUT2D eigenvalue weighted by Gasteiger charge is 2.31. The van der Waals surface area contributed by atoms with Crippen molar-refractivity contribution in [3.63, 3.8) is 0 Å². The SMILES string of the molecule is COCCOc1ccc(C(F)(F)F)cc1NC(=O)CCNC(=O)c1cccs1. The van der Waals surface area contributed by atoms with Crippen LogP contribution in [0.1, 0.15) is 21.7 Å². The molecule has 0 saturated carbocycles. The smallest absolute Gasteiger partial charge is 0.416 e. The number of alkyl halides is 3. The van der Waals surface area contributed by atoms with E-state index in [1.807, 2.05) is 0 Å². The number of nitrogens with one attached hydrogen (secondary N) is 2. The third-order valence-electron chi connectivity index (χ3n) is 3.51. The number of hydrogen-bond donors (Lipinski definition) is 2. The second kappa shape index (κ2) is 10.1. The molecule has 2 amide bonds. The van der Waals surface area contributed by atoms with Crippen LogP contribution in [0.3, 0.4) is 0 Å². The number of halogens is 3. The van der Waals surface area contributed by atoms with Gasteiger partial charge in [-0.2, -0.15) is 13.2 Å². The van der Waals surface area contributed by atoms with Crippen LogP contribution in [0, 0.1) is 0 Å². The Morgan fingerprint density at radius 3 is 2.61 bits per heavy atom. The summed E-state index contributed by atoms with van der Waals surface area (Å²) in [6.07, 6.45) is -4.66. The van der Waals surface area contributed by atoms with Crippen molar-refractivity contribution in [1.82, 2.24) is 5.32 Å². The van der Waals surface area contributed by atoms with E-state index in [9.17, 15) is 22.8 Å². The highest BCUT2D eigenvalue weighted by molar-refractivity contribution is 7.12. The first-order valence-corrected chi connectivity index (χ1v) is 9.13. The van der Waals surface area contributed by atoms with Crippen molar-refractivity contribution in [2.75, 3.05) is 32.2 Å². The Morgan fingerprint density at radius 1 is 1.18 bits per heavy atom. The number of rotatable bonds is 9. The van der Waals surface area contributed by atoms with E-state index < -0.39 is 17.6 Å². The number of carbonyl (C=O) groups is 2. The Kier molecular flexibility index (Phi) is 7.82. The van der Waals surface area contributed by atoms with Crippen molar-refractivity contribution in [3.8, 4) is 5.75 Å². The van der Waals surface area contributed by atoms with Gasteiger partial charge >= 0.3 is 6.18 Å². The maximum absolute atomic E-state index is 12.9. The fourth-order valence-electron chi connectivity index (χ4n) is 2.16. The van der Waals surface area contributed by atoms with Gasteiger partial charge in [-0.3, -0.25) is 9.59 Å². The minimum atomic E-state index is -4.56. The summed E-state index contributed by atoms with van der Waals surface area (Å²) < 4.78 is 49.0. The number of carbonyl (C=O) groups excluding carboxylic acids is 2. The van der Waals surface area contributed by atoms with Crippen LogP contribution in [0.2, 0.25) is 0 Å². The molecular formula is C18H19F3N2O4S. The maximum atomic E-state index is 12.9. The molecule has 0 atom stereocenters. The molecule has 0 bridgehead atoms. The molecule has 2 aromatic rings. The van der Waals surface area contributed by atoms with Gasteiger partial charge in [0, 0.05) is 20.1 Å². The van der Waals surface area contributed by atoms with Gasteiger partial charge in [0.2, 0.25) is 5.91 Å². The van der Waals surface area contributed by atoms with Crippen LogP contribution in [0.25, 0.3) is 0 Å². The molecule has 0 spiro atoms. The van der Waals surface area contributed by atoms with Crippen LogP contribution in [0.5, 0.6) is 5.75 Å². The van der Waals surface area contributed by atoms with E-state index in [0.717, 1.165) is 18.2 Å². The molecule has 2 rings (SSSR count). The molecule has 0 radical (unpaired) electrons. The molecule has 0 unspecified atom stereocenters. The molecular weight excluding hydrogens is 397 g/mol. The third-order valence-corrected chi connectivity index (χ3v) is 4.38. The van der Waals surface area contributed by atoms with Gasteiger partial charge in [0.15, 0.2) is 0 Å². The predicted octanol–water partition coefficient (Wildman–Crippen LogP) is 3.55. The van der Waals surface area contributed by atoms with Crippen molar-refractivity contribution in [2.45, 2.75) is 12.6 Å². The molecule has 0 aliphatic carbocycles. The van der Waals surface area contributed by atoms with Crippen LogP contribution in [-0.2, 0) is 15.7 Å². The summed E-state index contributed by atoms with van der Waals surface area (Å²) in [7, 11) is 1.46. The molecule has 28 heavy (non-hydrogen) atoms. The maximum Gasteiger partial charge on any atom is 0.416 e. The molecule has 0 saturated heterocycles. The van der Waals surface area contributed by atoms with Gasteiger partial charge in [0.05, 0.1) is 22.7 Å². The van der Waals surface area contributed by atoms with Crippen LogP contribution < -0.4 is 15.4 Å². The van der Waals surface area contributed by atoms with Gasteiger partial charge in [-0.1, -0.05) is 6.07 Å². The number of hydrogen-bond acceptors (Lipinski definition) is 5. The predicted molar refractivity (Wildman–Crippen MR) is 98.7 cm³/mol. The molecule has 1 heterocycles. The standard InChI is InChI=1S/C18H19F3N2O4S/c1-26-8-9-27-14-5-4-12(18(19,20)21)11-13(14)23-16(24)6-7-22-17(25)15-3-2-10-28-15/h2-5,10-11H,6-9H2,1H3,(H,22,25)(H,23,24). The highest BCUT2D eigenvalue weighted by atomic mass is 32.1. The van der Waals surface area contributed by atoms with Gasteiger partial charge in [0.1, 0.15) is 12.4 Å². The lowest BCUT2D eigenvalue weighted by atomic mass is 10.1. The first-order chi connectivity index (χ1) is 13.3. The molecule has 0 fully saturated rings. The molecule has 10 heteroatoms. The van der Waals surface area contributed by atoms with Crippen LogP contribution in [0.4, 0.5) is 18.9 Å². The lowest BCUT2D eigenvalue weighted by Crippen LogP contribution is -2.27.